The Morgan fingerprint density at radius 3 is 1.46 bits per heavy atom. The van der Waals surface area contributed by atoms with E-state index in [-0.39, 0.29) is 26.2 Å². The lowest BCUT2D eigenvalue weighted by molar-refractivity contribution is -0.0514. The maximum absolute atomic E-state index is 12.5. The van der Waals surface area contributed by atoms with Gasteiger partial charge in [0.1, 0.15) is 26.9 Å². The summed E-state index contributed by atoms with van der Waals surface area (Å²) in [7, 11) is 0. The smallest absolute Gasteiger partial charge is 0.327 e. The van der Waals surface area contributed by atoms with Crippen molar-refractivity contribution < 1.29 is 24.1 Å². The maximum Gasteiger partial charge on any atom is 0.327 e. The van der Waals surface area contributed by atoms with Gasteiger partial charge in [0.15, 0.2) is 0 Å². The van der Waals surface area contributed by atoms with Crippen LogP contribution in [0.25, 0.3) is 0 Å². The second kappa shape index (κ2) is 17.0. The van der Waals surface area contributed by atoms with Crippen LogP contribution in [0, 0.1) is 0 Å². The normalized spacial score (nSPS) is 10.8. The first kappa shape index (κ1) is 23.1. The molecule has 144 valence electrons. The molecule has 0 aromatic carbocycles. The first-order chi connectivity index (χ1) is 11.7. The number of urea groups is 1. The van der Waals surface area contributed by atoms with Gasteiger partial charge in [0.2, 0.25) is 0 Å². The number of nitrogens with zero attached hydrogens (tertiary/aromatic N) is 2. The van der Waals surface area contributed by atoms with Crippen LogP contribution in [-0.4, -0.2) is 67.7 Å². The number of amides is 2. The molecule has 0 unspecified atom stereocenters. The molecule has 7 nitrogen and oxygen atoms in total. The summed E-state index contributed by atoms with van der Waals surface area (Å²) in [4.78, 5) is 15.2. The van der Waals surface area contributed by atoms with E-state index in [1.807, 2.05) is 0 Å². The Kier molecular flexibility index (Phi) is 16.3. The summed E-state index contributed by atoms with van der Waals surface area (Å²) in [6, 6.07) is -0.345. The number of ether oxygens (including phenoxy) is 3. The minimum atomic E-state index is -0.397. The highest BCUT2D eigenvalue weighted by molar-refractivity contribution is 5.73. The third-order valence-electron chi connectivity index (χ3n) is 3.38. The number of hydrogen-bond donors (Lipinski definition) is 1. The SMILES string of the molecule is CCCCOCN(CO)C(=O)N(COCCCC)COCCCC. The van der Waals surface area contributed by atoms with Crippen molar-refractivity contribution in [2.75, 3.05) is 46.7 Å². The van der Waals surface area contributed by atoms with E-state index in [9.17, 15) is 9.90 Å². The molecule has 0 saturated carbocycles. The minimum absolute atomic E-state index is 0.0652. The van der Waals surface area contributed by atoms with E-state index in [4.69, 9.17) is 14.2 Å². The van der Waals surface area contributed by atoms with E-state index in [0.29, 0.717) is 19.8 Å². The molecule has 0 aromatic rings. The van der Waals surface area contributed by atoms with Crippen LogP contribution < -0.4 is 0 Å². The Morgan fingerprint density at radius 1 is 0.750 bits per heavy atom. The average molecular weight is 348 g/mol. The van der Waals surface area contributed by atoms with Crippen LogP contribution in [0.5, 0.6) is 0 Å². The second-order valence-corrected chi connectivity index (χ2v) is 5.68. The lowest BCUT2D eigenvalue weighted by Gasteiger charge is -2.29. The summed E-state index contributed by atoms with van der Waals surface area (Å²) in [5.74, 6) is 0. The third kappa shape index (κ3) is 11.6. The molecule has 0 spiro atoms. The first-order valence-electron chi connectivity index (χ1n) is 9.09. The van der Waals surface area contributed by atoms with Crippen LogP contribution in [0.3, 0.4) is 0 Å². The van der Waals surface area contributed by atoms with E-state index in [2.05, 4.69) is 20.8 Å². The molecule has 0 aromatic heterocycles. The molecule has 0 heterocycles. The highest BCUT2D eigenvalue weighted by Gasteiger charge is 2.20. The van der Waals surface area contributed by atoms with Crippen LogP contribution in [0.1, 0.15) is 59.3 Å². The second-order valence-electron chi connectivity index (χ2n) is 5.68. The third-order valence-corrected chi connectivity index (χ3v) is 3.38. The fraction of sp³-hybridized carbons (Fsp3) is 0.941. The molecular formula is C17H36N2O5. The highest BCUT2D eigenvalue weighted by atomic mass is 16.5. The van der Waals surface area contributed by atoms with Crippen molar-refractivity contribution in [1.82, 2.24) is 9.80 Å². The summed E-state index contributed by atoms with van der Waals surface area (Å²) in [6.45, 7) is 7.97. The van der Waals surface area contributed by atoms with Crippen LogP contribution in [-0.2, 0) is 14.2 Å². The number of unbranched alkanes of at least 4 members (excludes halogenated alkanes) is 3. The molecule has 0 saturated heterocycles. The number of carbonyl (C=O) groups is 1. The van der Waals surface area contributed by atoms with Crippen LogP contribution in [0.2, 0.25) is 0 Å². The van der Waals surface area contributed by atoms with Gasteiger partial charge in [-0.15, -0.1) is 0 Å². The van der Waals surface area contributed by atoms with Crippen molar-refractivity contribution >= 4 is 6.03 Å². The van der Waals surface area contributed by atoms with Crippen LogP contribution in [0.15, 0.2) is 0 Å². The molecule has 0 fully saturated rings. The summed E-state index contributed by atoms with van der Waals surface area (Å²) in [5, 5.41) is 9.44. The zero-order valence-electron chi connectivity index (χ0n) is 15.7. The van der Waals surface area contributed by atoms with Gasteiger partial charge in [0.25, 0.3) is 0 Å². The maximum atomic E-state index is 12.5. The van der Waals surface area contributed by atoms with Gasteiger partial charge < -0.3 is 19.3 Å². The molecule has 0 aliphatic carbocycles. The van der Waals surface area contributed by atoms with Crippen LogP contribution >= 0.6 is 0 Å². The number of carbonyl (C=O) groups excluding carboxylic acids is 1. The molecule has 2 amide bonds. The Hall–Kier alpha value is -0.890. The molecule has 7 heteroatoms. The molecule has 0 rings (SSSR count). The van der Waals surface area contributed by atoms with E-state index in [1.165, 1.54) is 9.80 Å². The Labute approximate surface area is 146 Å². The van der Waals surface area contributed by atoms with Crippen molar-refractivity contribution in [3.8, 4) is 0 Å². The number of aliphatic hydroxyl groups excluding tert-OH is 1. The number of rotatable bonds is 16. The van der Waals surface area contributed by atoms with Gasteiger partial charge >= 0.3 is 6.03 Å². The Balaban J connectivity index is 4.41. The summed E-state index contributed by atoms with van der Waals surface area (Å²) >= 11 is 0. The topological polar surface area (TPSA) is 71.5 Å². The van der Waals surface area contributed by atoms with Crippen molar-refractivity contribution in [2.45, 2.75) is 59.3 Å². The Morgan fingerprint density at radius 2 is 1.12 bits per heavy atom. The van der Waals surface area contributed by atoms with Crippen LogP contribution in [0.4, 0.5) is 4.79 Å². The molecule has 0 radical (unpaired) electrons. The number of aliphatic hydroxyl groups is 1. The van der Waals surface area contributed by atoms with E-state index in [0.717, 1.165) is 38.5 Å². The highest BCUT2D eigenvalue weighted by Crippen LogP contribution is 2.03. The summed E-state index contributed by atoms with van der Waals surface area (Å²) in [5.41, 5.74) is 0. The molecular weight excluding hydrogens is 312 g/mol. The van der Waals surface area contributed by atoms with Gasteiger partial charge in [-0.05, 0) is 19.3 Å². The lowest BCUT2D eigenvalue weighted by atomic mass is 10.4. The molecule has 0 bridgehead atoms. The van der Waals surface area contributed by atoms with Gasteiger partial charge in [-0.1, -0.05) is 40.0 Å². The monoisotopic (exact) mass is 348 g/mol. The van der Waals surface area contributed by atoms with Gasteiger partial charge in [-0.25, -0.2) is 4.79 Å². The fourth-order valence-corrected chi connectivity index (χ4v) is 1.77. The lowest BCUT2D eigenvalue weighted by Crippen LogP contribution is -2.46. The van der Waals surface area contributed by atoms with Gasteiger partial charge in [-0.2, -0.15) is 0 Å². The van der Waals surface area contributed by atoms with Crippen molar-refractivity contribution in [3.05, 3.63) is 0 Å². The predicted octanol–water partition coefficient (Wildman–Crippen LogP) is 2.98. The first-order valence-corrected chi connectivity index (χ1v) is 9.09. The largest absolute Gasteiger partial charge is 0.376 e. The zero-order valence-corrected chi connectivity index (χ0v) is 15.7. The molecule has 0 atom stereocenters. The average Bonchev–Trinajstić information content (AvgIpc) is 2.60. The molecule has 0 aliphatic rings. The quantitative estimate of drug-likeness (QED) is 0.343. The van der Waals surface area contributed by atoms with Crippen molar-refractivity contribution in [2.24, 2.45) is 0 Å². The predicted molar refractivity (Wildman–Crippen MR) is 93.3 cm³/mol. The van der Waals surface area contributed by atoms with E-state index < -0.39 is 6.73 Å². The number of hydrogen-bond acceptors (Lipinski definition) is 5. The summed E-state index contributed by atoms with van der Waals surface area (Å²) in [6.07, 6.45) is 5.92. The van der Waals surface area contributed by atoms with Gasteiger partial charge in [-0.3, -0.25) is 9.80 Å². The fourth-order valence-electron chi connectivity index (χ4n) is 1.77. The van der Waals surface area contributed by atoms with E-state index >= 15 is 0 Å². The van der Waals surface area contributed by atoms with Gasteiger partial charge in [0, 0.05) is 19.8 Å². The summed E-state index contributed by atoms with van der Waals surface area (Å²) < 4.78 is 16.5. The van der Waals surface area contributed by atoms with Gasteiger partial charge in [0.05, 0.1) is 0 Å². The standard InChI is InChI=1S/C17H36N2O5/c1-4-7-10-22-14-18(13-20)17(21)19(15-23-11-8-5-2)16-24-12-9-6-3/h20H,4-16H2,1-3H3. The minimum Gasteiger partial charge on any atom is -0.376 e. The molecule has 24 heavy (non-hydrogen) atoms. The van der Waals surface area contributed by atoms with E-state index in [1.54, 1.807) is 0 Å². The van der Waals surface area contributed by atoms with Crippen molar-refractivity contribution in [1.29, 1.82) is 0 Å². The molecule has 0 aliphatic heterocycles. The Bertz CT molecular complexity index is 280. The van der Waals surface area contributed by atoms with Crippen molar-refractivity contribution in [3.63, 3.8) is 0 Å². The molecule has 1 N–H and O–H groups in total. The zero-order chi connectivity index (χ0) is 18.0.